The molecule has 0 bridgehead atoms. The van der Waals surface area contributed by atoms with E-state index in [-0.39, 0.29) is 4.90 Å². The van der Waals surface area contributed by atoms with Gasteiger partial charge in [-0.25, -0.2) is 8.42 Å². The minimum absolute atomic E-state index is 0.270. The molecule has 0 saturated heterocycles. The van der Waals surface area contributed by atoms with Crippen molar-refractivity contribution in [1.29, 1.82) is 0 Å². The maximum Gasteiger partial charge on any atom is 0.262 e. The average Bonchev–Trinajstić information content (AvgIpc) is 2.38. The van der Waals surface area contributed by atoms with Gasteiger partial charge in [0.05, 0.1) is 10.6 Å². The minimum atomic E-state index is -3.66. The van der Waals surface area contributed by atoms with E-state index < -0.39 is 10.0 Å². The fourth-order valence-electron chi connectivity index (χ4n) is 1.92. The number of nitrogens with one attached hydrogen (secondary N) is 1. The molecule has 2 rings (SSSR count). The molecule has 0 amide bonds. The SMILES string of the molecule is Cc1ccc(C)c(S(=O)(=O)Nc2cc(Cl)c(C)cc2Br)c1. The second kappa shape index (κ2) is 5.99. The molecule has 2 aromatic rings. The van der Waals surface area contributed by atoms with Crippen molar-refractivity contribution in [2.75, 3.05) is 4.72 Å². The van der Waals surface area contributed by atoms with Crippen molar-refractivity contribution in [2.45, 2.75) is 25.7 Å². The summed E-state index contributed by atoms with van der Waals surface area (Å²) in [6.07, 6.45) is 0. The molecule has 3 nitrogen and oxygen atoms in total. The fraction of sp³-hybridized carbons (Fsp3) is 0.200. The van der Waals surface area contributed by atoms with Crippen LogP contribution in [0.15, 0.2) is 39.7 Å². The molecule has 0 radical (unpaired) electrons. The Labute approximate surface area is 138 Å². The summed E-state index contributed by atoms with van der Waals surface area (Å²) in [6, 6.07) is 8.71. The van der Waals surface area contributed by atoms with Gasteiger partial charge in [0, 0.05) is 9.50 Å². The summed E-state index contributed by atoms with van der Waals surface area (Å²) in [5.74, 6) is 0. The summed E-state index contributed by atoms with van der Waals surface area (Å²) >= 11 is 9.42. The predicted octanol–water partition coefficient (Wildman–Crippen LogP) is 4.83. The van der Waals surface area contributed by atoms with Gasteiger partial charge in [-0.3, -0.25) is 4.72 Å². The third kappa shape index (κ3) is 3.59. The molecule has 0 unspecified atom stereocenters. The Kier molecular flexibility index (Phi) is 4.66. The monoisotopic (exact) mass is 387 g/mol. The van der Waals surface area contributed by atoms with Gasteiger partial charge >= 0.3 is 0 Å². The van der Waals surface area contributed by atoms with Crippen molar-refractivity contribution in [3.63, 3.8) is 0 Å². The lowest BCUT2D eigenvalue weighted by Crippen LogP contribution is -2.15. The van der Waals surface area contributed by atoms with Crippen LogP contribution in [0.5, 0.6) is 0 Å². The topological polar surface area (TPSA) is 46.2 Å². The van der Waals surface area contributed by atoms with Gasteiger partial charge in [-0.15, -0.1) is 0 Å². The fourth-order valence-corrected chi connectivity index (χ4v) is 4.17. The first-order chi connectivity index (χ1) is 9.70. The van der Waals surface area contributed by atoms with E-state index in [0.717, 1.165) is 11.1 Å². The van der Waals surface area contributed by atoms with Crippen molar-refractivity contribution < 1.29 is 8.42 Å². The summed E-state index contributed by atoms with van der Waals surface area (Å²) < 4.78 is 28.3. The number of benzene rings is 2. The summed E-state index contributed by atoms with van der Waals surface area (Å²) in [5, 5.41) is 0.511. The number of halogens is 2. The summed E-state index contributed by atoms with van der Waals surface area (Å²) in [5.41, 5.74) is 2.88. The number of rotatable bonds is 3. The Bertz CT molecular complexity index is 804. The van der Waals surface area contributed by atoms with Crippen molar-refractivity contribution in [3.8, 4) is 0 Å². The number of aryl methyl sites for hydroxylation is 3. The van der Waals surface area contributed by atoms with Crippen LogP contribution in [-0.2, 0) is 10.0 Å². The molecule has 6 heteroatoms. The summed E-state index contributed by atoms with van der Waals surface area (Å²) in [6.45, 7) is 5.48. The van der Waals surface area contributed by atoms with Crippen LogP contribution in [0.4, 0.5) is 5.69 Å². The van der Waals surface area contributed by atoms with Crippen molar-refractivity contribution in [3.05, 3.63) is 56.5 Å². The molecule has 0 aliphatic carbocycles. The molecule has 0 fully saturated rings. The maximum absolute atomic E-state index is 12.5. The molecule has 0 aliphatic rings. The van der Waals surface area contributed by atoms with E-state index in [1.165, 1.54) is 0 Å². The highest BCUT2D eigenvalue weighted by Crippen LogP contribution is 2.31. The number of sulfonamides is 1. The van der Waals surface area contributed by atoms with Crippen LogP contribution in [0.3, 0.4) is 0 Å². The van der Waals surface area contributed by atoms with Gasteiger partial charge in [-0.2, -0.15) is 0 Å². The second-order valence-corrected chi connectivity index (χ2v) is 7.87. The van der Waals surface area contributed by atoms with Gasteiger partial charge in [0.25, 0.3) is 10.0 Å². The van der Waals surface area contributed by atoms with Gasteiger partial charge in [-0.1, -0.05) is 23.7 Å². The smallest absolute Gasteiger partial charge is 0.262 e. The number of hydrogen-bond donors (Lipinski definition) is 1. The zero-order valence-corrected chi connectivity index (χ0v) is 15.0. The van der Waals surface area contributed by atoms with Crippen LogP contribution in [0.1, 0.15) is 16.7 Å². The molecule has 1 N–H and O–H groups in total. The third-order valence-electron chi connectivity index (χ3n) is 3.13. The molecule has 0 spiro atoms. The van der Waals surface area contributed by atoms with Gasteiger partial charge in [-0.05, 0) is 71.6 Å². The highest BCUT2D eigenvalue weighted by Gasteiger charge is 2.18. The first-order valence-electron chi connectivity index (χ1n) is 6.26. The maximum atomic E-state index is 12.5. The van der Waals surface area contributed by atoms with Crippen LogP contribution in [0.2, 0.25) is 5.02 Å². The van der Waals surface area contributed by atoms with E-state index in [2.05, 4.69) is 20.7 Å². The van der Waals surface area contributed by atoms with E-state index in [4.69, 9.17) is 11.6 Å². The third-order valence-corrected chi connectivity index (χ3v) is 5.70. The Morgan fingerprint density at radius 2 is 1.71 bits per heavy atom. The van der Waals surface area contributed by atoms with Crippen LogP contribution in [-0.4, -0.2) is 8.42 Å². The molecular weight excluding hydrogens is 374 g/mol. The summed E-state index contributed by atoms with van der Waals surface area (Å²) in [4.78, 5) is 0.270. The molecule has 0 aliphatic heterocycles. The van der Waals surface area contributed by atoms with E-state index >= 15 is 0 Å². The molecule has 112 valence electrons. The zero-order valence-electron chi connectivity index (χ0n) is 11.9. The molecular formula is C15H15BrClNO2S. The standard InChI is InChI=1S/C15H15BrClNO2S/c1-9-4-5-10(2)15(6-9)21(19,20)18-14-8-13(17)11(3)7-12(14)16/h4-8,18H,1-3H3. The number of hydrogen-bond acceptors (Lipinski definition) is 2. The molecule has 2 aromatic carbocycles. The Hall–Kier alpha value is -1.04. The summed E-state index contributed by atoms with van der Waals surface area (Å²) in [7, 11) is -3.66. The van der Waals surface area contributed by atoms with Crippen LogP contribution in [0, 0.1) is 20.8 Å². The van der Waals surface area contributed by atoms with Gasteiger partial charge in [0.15, 0.2) is 0 Å². The largest absolute Gasteiger partial charge is 0.278 e. The van der Waals surface area contributed by atoms with Crippen molar-refractivity contribution in [1.82, 2.24) is 0 Å². The predicted molar refractivity (Wildman–Crippen MR) is 90.6 cm³/mol. The molecule has 21 heavy (non-hydrogen) atoms. The molecule has 0 heterocycles. The molecule has 0 aromatic heterocycles. The van der Waals surface area contributed by atoms with Gasteiger partial charge < -0.3 is 0 Å². The van der Waals surface area contributed by atoms with E-state index in [1.54, 1.807) is 31.2 Å². The highest BCUT2D eigenvalue weighted by atomic mass is 79.9. The lowest BCUT2D eigenvalue weighted by molar-refractivity contribution is 0.600. The van der Waals surface area contributed by atoms with Gasteiger partial charge in [0.2, 0.25) is 0 Å². The highest BCUT2D eigenvalue weighted by molar-refractivity contribution is 9.10. The van der Waals surface area contributed by atoms with E-state index in [0.29, 0.717) is 20.7 Å². The van der Waals surface area contributed by atoms with Crippen LogP contribution in [0.25, 0.3) is 0 Å². The normalized spacial score (nSPS) is 11.5. The van der Waals surface area contributed by atoms with E-state index in [1.807, 2.05) is 19.9 Å². The Morgan fingerprint density at radius 1 is 1.05 bits per heavy atom. The van der Waals surface area contributed by atoms with Gasteiger partial charge in [0.1, 0.15) is 0 Å². The second-order valence-electron chi connectivity index (χ2n) is 4.96. The van der Waals surface area contributed by atoms with Crippen molar-refractivity contribution >= 4 is 43.2 Å². The Balaban J connectivity index is 2.47. The quantitative estimate of drug-likeness (QED) is 0.818. The first kappa shape index (κ1) is 16.3. The lowest BCUT2D eigenvalue weighted by Gasteiger charge is -2.13. The van der Waals surface area contributed by atoms with Crippen LogP contribution >= 0.6 is 27.5 Å². The van der Waals surface area contributed by atoms with Crippen LogP contribution < -0.4 is 4.72 Å². The Morgan fingerprint density at radius 3 is 2.38 bits per heavy atom. The minimum Gasteiger partial charge on any atom is -0.278 e. The van der Waals surface area contributed by atoms with E-state index in [9.17, 15) is 8.42 Å². The van der Waals surface area contributed by atoms with Crippen molar-refractivity contribution in [2.24, 2.45) is 0 Å². The average molecular weight is 389 g/mol. The molecule has 0 saturated carbocycles. The zero-order chi connectivity index (χ0) is 15.8. The first-order valence-corrected chi connectivity index (χ1v) is 8.92. The molecule has 0 atom stereocenters. The number of anilines is 1. The lowest BCUT2D eigenvalue weighted by atomic mass is 10.2.